The summed E-state index contributed by atoms with van der Waals surface area (Å²) >= 11 is 0. The van der Waals surface area contributed by atoms with Gasteiger partial charge in [-0.25, -0.2) is 21.6 Å². The highest BCUT2D eigenvalue weighted by Crippen LogP contribution is 2.24. The van der Waals surface area contributed by atoms with E-state index >= 15 is 0 Å². The highest BCUT2D eigenvalue weighted by Gasteiger charge is 2.28. The molecule has 1 aliphatic rings. The van der Waals surface area contributed by atoms with Crippen LogP contribution in [0.2, 0.25) is 0 Å². The van der Waals surface area contributed by atoms with Gasteiger partial charge in [-0.15, -0.1) is 0 Å². The standard InChI is InChI=1S/C19H24N2O4S2/c1-3-14(2)15-4-10-18(11-5-15)26(22,23)21-17-8-12-19(13-9-17)27(24,25)20-16-6-7-16/h4-5,8-14,16,20-21H,3,6-7H2,1-2H3. The normalized spacial score (nSPS) is 16.1. The first-order valence-corrected chi connectivity index (χ1v) is 11.9. The van der Waals surface area contributed by atoms with Crippen LogP contribution in [0.5, 0.6) is 0 Å². The zero-order valence-corrected chi connectivity index (χ0v) is 17.0. The van der Waals surface area contributed by atoms with Crippen LogP contribution in [-0.2, 0) is 20.0 Å². The van der Waals surface area contributed by atoms with Crippen molar-refractivity contribution >= 4 is 25.7 Å². The molecule has 1 fully saturated rings. The van der Waals surface area contributed by atoms with Crippen LogP contribution in [-0.4, -0.2) is 22.9 Å². The van der Waals surface area contributed by atoms with Crippen LogP contribution < -0.4 is 9.44 Å². The quantitative estimate of drug-likeness (QED) is 0.700. The third kappa shape index (κ3) is 4.88. The first-order valence-electron chi connectivity index (χ1n) is 8.96. The van der Waals surface area contributed by atoms with Gasteiger partial charge in [0.25, 0.3) is 10.0 Å². The van der Waals surface area contributed by atoms with E-state index < -0.39 is 20.0 Å². The lowest BCUT2D eigenvalue weighted by Crippen LogP contribution is -2.25. The summed E-state index contributed by atoms with van der Waals surface area (Å²) in [6, 6.07) is 12.5. The van der Waals surface area contributed by atoms with E-state index in [4.69, 9.17) is 0 Å². The van der Waals surface area contributed by atoms with Gasteiger partial charge in [-0.2, -0.15) is 0 Å². The number of hydrogen-bond donors (Lipinski definition) is 2. The summed E-state index contributed by atoms with van der Waals surface area (Å²) in [7, 11) is -7.29. The predicted molar refractivity (Wildman–Crippen MR) is 106 cm³/mol. The van der Waals surface area contributed by atoms with E-state index in [1.807, 2.05) is 12.1 Å². The Morgan fingerprint density at radius 3 is 1.93 bits per heavy atom. The van der Waals surface area contributed by atoms with Crippen LogP contribution in [0.3, 0.4) is 0 Å². The monoisotopic (exact) mass is 408 g/mol. The van der Waals surface area contributed by atoms with E-state index in [0.29, 0.717) is 11.6 Å². The summed E-state index contributed by atoms with van der Waals surface area (Å²) in [4.78, 5) is 0.289. The van der Waals surface area contributed by atoms with Gasteiger partial charge in [-0.3, -0.25) is 4.72 Å². The Balaban J connectivity index is 1.73. The molecule has 0 saturated heterocycles. The molecule has 0 heterocycles. The van der Waals surface area contributed by atoms with Gasteiger partial charge in [-0.05, 0) is 67.1 Å². The number of sulfonamides is 2. The second kappa shape index (κ2) is 7.61. The van der Waals surface area contributed by atoms with Crippen molar-refractivity contribution in [1.29, 1.82) is 0 Å². The highest BCUT2D eigenvalue weighted by molar-refractivity contribution is 7.92. The Labute approximate surface area is 161 Å². The SMILES string of the molecule is CCC(C)c1ccc(S(=O)(=O)Nc2ccc(S(=O)(=O)NC3CC3)cc2)cc1. The van der Waals surface area contributed by atoms with Crippen LogP contribution in [0.25, 0.3) is 0 Å². The minimum Gasteiger partial charge on any atom is -0.280 e. The van der Waals surface area contributed by atoms with Gasteiger partial charge in [0.2, 0.25) is 10.0 Å². The maximum atomic E-state index is 12.5. The van der Waals surface area contributed by atoms with Crippen molar-refractivity contribution in [2.24, 2.45) is 0 Å². The largest absolute Gasteiger partial charge is 0.280 e. The molecule has 27 heavy (non-hydrogen) atoms. The molecule has 3 rings (SSSR count). The zero-order valence-electron chi connectivity index (χ0n) is 15.3. The molecule has 1 atom stereocenters. The number of benzene rings is 2. The molecule has 0 bridgehead atoms. The average Bonchev–Trinajstić information content (AvgIpc) is 3.44. The van der Waals surface area contributed by atoms with Crippen molar-refractivity contribution < 1.29 is 16.8 Å². The van der Waals surface area contributed by atoms with E-state index in [-0.39, 0.29) is 15.8 Å². The summed E-state index contributed by atoms with van der Waals surface area (Å²) in [5, 5.41) is 0. The fraction of sp³-hybridized carbons (Fsp3) is 0.368. The Bertz CT molecular complexity index is 995. The van der Waals surface area contributed by atoms with Gasteiger partial charge in [0.1, 0.15) is 0 Å². The highest BCUT2D eigenvalue weighted by atomic mass is 32.2. The summed E-state index contributed by atoms with van der Waals surface area (Å²) in [5.41, 5.74) is 1.40. The summed E-state index contributed by atoms with van der Waals surface area (Å²) in [6.07, 6.45) is 2.69. The lowest BCUT2D eigenvalue weighted by molar-refractivity contribution is 0.581. The van der Waals surface area contributed by atoms with Crippen molar-refractivity contribution in [3.63, 3.8) is 0 Å². The molecule has 146 valence electrons. The van der Waals surface area contributed by atoms with Crippen LogP contribution in [0.1, 0.15) is 44.6 Å². The average molecular weight is 409 g/mol. The third-order valence-corrected chi connectivity index (χ3v) is 7.62. The molecule has 2 N–H and O–H groups in total. The van der Waals surface area contributed by atoms with E-state index in [2.05, 4.69) is 23.3 Å². The molecule has 8 heteroatoms. The molecule has 1 unspecified atom stereocenters. The fourth-order valence-electron chi connectivity index (χ4n) is 2.62. The van der Waals surface area contributed by atoms with Crippen LogP contribution in [0, 0.1) is 0 Å². The van der Waals surface area contributed by atoms with Gasteiger partial charge >= 0.3 is 0 Å². The number of rotatable bonds is 8. The molecule has 0 radical (unpaired) electrons. The molecular formula is C19H24N2O4S2. The van der Waals surface area contributed by atoms with Crippen molar-refractivity contribution in [2.75, 3.05) is 4.72 Å². The fourth-order valence-corrected chi connectivity index (χ4v) is 4.98. The van der Waals surface area contributed by atoms with E-state index in [1.54, 1.807) is 12.1 Å². The number of anilines is 1. The van der Waals surface area contributed by atoms with Crippen molar-refractivity contribution in [3.05, 3.63) is 54.1 Å². The first-order chi connectivity index (χ1) is 12.7. The lowest BCUT2D eigenvalue weighted by Gasteiger charge is -2.12. The molecule has 0 spiro atoms. The molecule has 2 aromatic carbocycles. The van der Waals surface area contributed by atoms with Crippen LogP contribution in [0.4, 0.5) is 5.69 Å². The van der Waals surface area contributed by atoms with E-state index in [9.17, 15) is 16.8 Å². The van der Waals surface area contributed by atoms with Crippen LogP contribution in [0.15, 0.2) is 58.3 Å². The number of nitrogens with one attached hydrogen (secondary N) is 2. The second-order valence-electron chi connectivity index (χ2n) is 6.90. The molecule has 0 aromatic heterocycles. The molecule has 0 amide bonds. The van der Waals surface area contributed by atoms with Crippen molar-refractivity contribution in [3.8, 4) is 0 Å². The minimum atomic E-state index is -3.73. The predicted octanol–water partition coefficient (Wildman–Crippen LogP) is 3.44. The Morgan fingerprint density at radius 2 is 1.41 bits per heavy atom. The topological polar surface area (TPSA) is 92.3 Å². The third-order valence-electron chi connectivity index (χ3n) is 4.69. The number of hydrogen-bond acceptors (Lipinski definition) is 4. The van der Waals surface area contributed by atoms with Crippen molar-refractivity contribution in [1.82, 2.24) is 4.72 Å². The van der Waals surface area contributed by atoms with Gasteiger partial charge in [0.15, 0.2) is 0 Å². The summed E-state index contributed by atoms with van der Waals surface area (Å²) in [5.74, 6) is 0.369. The van der Waals surface area contributed by atoms with Gasteiger partial charge < -0.3 is 0 Å². The zero-order chi connectivity index (χ0) is 19.7. The maximum Gasteiger partial charge on any atom is 0.261 e. The molecule has 1 aliphatic carbocycles. The Kier molecular flexibility index (Phi) is 5.60. The second-order valence-corrected chi connectivity index (χ2v) is 10.3. The Morgan fingerprint density at radius 1 is 0.889 bits per heavy atom. The van der Waals surface area contributed by atoms with E-state index in [1.165, 1.54) is 24.3 Å². The molecule has 2 aromatic rings. The van der Waals surface area contributed by atoms with E-state index in [0.717, 1.165) is 24.8 Å². The van der Waals surface area contributed by atoms with Gasteiger partial charge in [0.05, 0.1) is 9.79 Å². The first kappa shape index (κ1) is 19.9. The van der Waals surface area contributed by atoms with Gasteiger partial charge in [0, 0.05) is 11.7 Å². The molecule has 1 saturated carbocycles. The maximum absolute atomic E-state index is 12.5. The molecule has 6 nitrogen and oxygen atoms in total. The minimum absolute atomic E-state index is 0.0200. The Hall–Kier alpha value is -1.90. The lowest BCUT2D eigenvalue weighted by atomic mass is 9.99. The van der Waals surface area contributed by atoms with Crippen LogP contribution >= 0.6 is 0 Å². The smallest absolute Gasteiger partial charge is 0.261 e. The van der Waals surface area contributed by atoms with Gasteiger partial charge in [-0.1, -0.05) is 26.0 Å². The summed E-state index contributed by atoms with van der Waals surface area (Å²) in [6.45, 7) is 4.18. The molecular weight excluding hydrogens is 384 g/mol. The van der Waals surface area contributed by atoms with Crippen molar-refractivity contribution in [2.45, 2.75) is 54.9 Å². The summed E-state index contributed by atoms with van der Waals surface area (Å²) < 4.78 is 54.5. The molecule has 0 aliphatic heterocycles.